The third-order valence-electron chi connectivity index (χ3n) is 3.32. The van der Waals surface area contributed by atoms with Gasteiger partial charge in [0.2, 0.25) is 0 Å². The van der Waals surface area contributed by atoms with Crippen molar-refractivity contribution in [1.82, 2.24) is 14.1 Å². The van der Waals surface area contributed by atoms with E-state index in [1.54, 1.807) is 18.3 Å². The quantitative estimate of drug-likeness (QED) is 0.802. The highest BCUT2D eigenvalue weighted by molar-refractivity contribution is 7.90. The average Bonchev–Trinajstić information content (AvgIpc) is 2.91. The number of nitrogens with zero attached hydrogens (tertiary/aromatic N) is 3. The van der Waals surface area contributed by atoms with E-state index in [1.165, 1.54) is 14.1 Å². The largest absolute Gasteiger partial charge is 0.301 e. The zero-order chi connectivity index (χ0) is 15.7. The fourth-order valence-corrected chi connectivity index (χ4v) is 2.70. The molecule has 1 aromatic heterocycles. The van der Waals surface area contributed by atoms with Crippen LogP contribution in [0.2, 0.25) is 0 Å². The van der Waals surface area contributed by atoms with Crippen LogP contribution in [0.25, 0.3) is 16.6 Å². The molecule has 0 saturated carbocycles. The Morgan fingerprint density at radius 3 is 2.41 bits per heavy atom. The summed E-state index contributed by atoms with van der Waals surface area (Å²) in [6, 6.07) is 15.0. The molecule has 0 aliphatic rings. The van der Waals surface area contributed by atoms with E-state index in [9.17, 15) is 8.42 Å². The molecule has 0 saturated heterocycles. The smallest absolute Gasteiger partial charge is 0.271 e. The van der Waals surface area contributed by atoms with Crippen LogP contribution in [0.15, 0.2) is 54.7 Å². The second-order valence-corrected chi connectivity index (χ2v) is 6.94. The maximum absolute atomic E-state index is 11.8. The minimum Gasteiger partial charge on any atom is -0.271 e. The molecule has 0 amide bonds. The van der Waals surface area contributed by atoms with E-state index in [0.717, 1.165) is 20.9 Å². The number of anilines is 1. The lowest BCUT2D eigenvalue weighted by Crippen LogP contribution is -2.28. The molecule has 0 atom stereocenters. The zero-order valence-electron chi connectivity index (χ0n) is 12.3. The Kier molecular flexibility index (Phi) is 3.59. The van der Waals surface area contributed by atoms with Gasteiger partial charge >= 0.3 is 10.2 Å². The summed E-state index contributed by atoms with van der Waals surface area (Å²) >= 11 is 0. The number of hydrogen-bond acceptors (Lipinski definition) is 3. The third kappa shape index (κ3) is 2.68. The first kappa shape index (κ1) is 14.6. The third-order valence-corrected chi connectivity index (χ3v) is 4.77. The Balaban J connectivity index is 1.92. The molecule has 7 heteroatoms. The van der Waals surface area contributed by atoms with Crippen molar-refractivity contribution < 1.29 is 8.42 Å². The van der Waals surface area contributed by atoms with Crippen molar-refractivity contribution in [2.75, 3.05) is 18.8 Å². The molecule has 1 heterocycles. The van der Waals surface area contributed by atoms with E-state index >= 15 is 0 Å². The number of rotatable bonds is 4. The van der Waals surface area contributed by atoms with Gasteiger partial charge in [-0.3, -0.25) is 4.72 Å². The van der Waals surface area contributed by atoms with E-state index in [2.05, 4.69) is 9.82 Å². The first-order valence-corrected chi connectivity index (χ1v) is 8.15. The minimum atomic E-state index is -3.49. The zero-order valence-corrected chi connectivity index (χ0v) is 13.1. The summed E-state index contributed by atoms with van der Waals surface area (Å²) in [5.74, 6) is 0. The van der Waals surface area contributed by atoms with Crippen LogP contribution in [0.1, 0.15) is 0 Å². The lowest BCUT2D eigenvalue weighted by atomic mass is 10.2. The highest BCUT2D eigenvalue weighted by Gasteiger charge is 2.13. The molecule has 3 rings (SSSR count). The van der Waals surface area contributed by atoms with Gasteiger partial charge in [0.1, 0.15) is 0 Å². The first-order chi connectivity index (χ1) is 10.5. The van der Waals surface area contributed by atoms with Gasteiger partial charge in [0.25, 0.3) is 0 Å². The molecule has 3 aromatic rings. The maximum atomic E-state index is 11.8. The molecule has 0 aliphatic heterocycles. The lowest BCUT2D eigenvalue weighted by molar-refractivity contribution is 0.527. The summed E-state index contributed by atoms with van der Waals surface area (Å²) in [5, 5.41) is 5.42. The predicted molar refractivity (Wildman–Crippen MR) is 87.3 cm³/mol. The fraction of sp³-hybridized carbons (Fsp3) is 0.133. The number of hydrogen-bond donors (Lipinski definition) is 1. The Morgan fingerprint density at radius 1 is 1.05 bits per heavy atom. The van der Waals surface area contributed by atoms with Crippen molar-refractivity contribution >= 4 is 26.8 Å². The second kappa shape index (κ2) is 5.43. The average molecular weight is 316 g/mol. The van der Waals surface area contributed by atoms with Gasteiger partial charge in [-0.1, -0.05) is 18.2 Å². The number of fused-ring (bicyclic) bond motifs is 1. The van der Waals surface area contributed by atoms with Crippen molar-refractivity contribution in [2.45, 2.75) is 0 Å². The molecule has 0 spiro atoms. The van der Waals surface area contributed by atoms with Crippen LogP contribution in [0.5, 0.6) is 0 Å². The maximum Gasteiger partial charge on any atom is 0.301 e. The van der Waals surface area contributed by atoms with Crippen LogP contribution in [0.3, 0.4) is 0 Å². The van der Waals surface area contributed by atoms with E-state index in [1.807, 2.05) is 41.1 Å². The molecule has 0 unspecified atom stereocenters. The molecular weight excluding hydrogens is 300 g/mol. The predicted octanol–water partition coefficient (Wildman–Crippen LogP) is 2.24. The topological polar surface area (TPSA) is 67.2 Å². The van der Waals surface area contributed by atoms with Gasteiger partial charge in [0.05, 0.1) is 17.4 Å². The van der Waals surface area contributed by atoms with E-state index in [4.69, 9.17) is 0 Å². The summed E-state index contributed by atoms with van der Waals surface area (Å²) in [7, 11) is -0.534. The van der Waals surface area contributed by atoms with Crippen LogP contribution in [-0.2, 0) is 10.2 Å². The summed E-state index contributed by atoms with van der Waals surface area (Å²) in [4.78, 5) is 0. The van der Waals surface area contributed by atoms with Crippen molar-refractivity contribution in [1.29, 1.82) is 0 Å². The van der Waals surface area contributed by atoms with E-state index in [0.29, 0.717) is 5.69 Å². The highest BCUT2D eigenvalue weighted by atomic mass is 32.2. The minimum absolute atomic E-state index is 0.508. The van der Waals surface area contributed by atoms with Crippen molar-refractivity contribution in [3.63, 3.8) is 0 Å². The monoisotopic (exact) mass is 316 g/mol. The van der Waals surface area contributed by atoms with Crippen molar-refractivity contribution in [2.24, 2.45) is 0 Å². The van der Waals surface area contributed by atoms with Gasteiger partial charge in [0.15, 0.2) is 0 Å². The van der Waals surface area contributed by atoms with Gasteiger partial charge < -0.3 is 0 Å². The van der Waals surface area contributed by atoms with Gasteiger partial charge in [-0.05, 0) is 30.3 Å². The molecule has 2 aromatic carbocycles. The molecule has 0 fully saturated rings. The van der Waals surface area contributed by atoms with E-state index in [-0.39, 0.29) is 0 Å². The SMILES string of the molecule is CN(C)S(=O)(=O)Nc1ccc(-n2ncc3ccccc32)cc1. The van der Waals surface area contributed by atoms with Crippen LogP contribution in [-0.4, -0.2) is 36.6 Å². The first-order valence-electron chi connectivity index (χ1n) is 6.71. The standard InChI is InChI=1S/C15H16N4O2S/c1-18(2)22(20,21)17-13-7-9-14(10-8-13)19-15-6-4-3-5-12(15)11-16-19/h3-11,17H,1-2H3. The number of benzene rings is 2. The van der Waals surface area contributed by atoms with Gasteiger partial charge in [-0.25, -0.2) is 4.68 Å². The van der Waals surface area contributed by atoms with Crippen LogP contribution < -0.4 is 4.72 Å². The van der Waals surface area contributed by atoms with Crippen LogP contribution in [0, 0.1) is 0 Å². The number of nitrogens with one attached hydrogen (secondary N) is 1. The summed E-state index contributed by atoms with van der Waals surface area (Å²) in [5.41, 5.74) is 2.38. The molecule has 0 radical (unpaired) electrons. The summed E-state index contributed by atoms with van der Waals surface area (Å²) in [6.07, 6.45) is 1.80. The van der Waals surface area contributed by atoms with Gasteiger partial charge in [-0.15, -0.1) is 0 Å². The number of aromatic nitrogens is 2. The molecular formula is C15H16N4O2S. The molecule has 114 valence electrons. The molecule has 0 aliphatic carbocycles. The lowest BCUT2D eigenvalue weighted by Gasteiger charge is -2.13. The molecule has 22 heavy (non-hydrogen) atoms. The Morgan fingerprint density at radius 2 is 1.73 bits per heavy atom. The Hall–Kier alpha value is -2.38. The van der Waals surface area contributed by atoms with Crippen LogP contribution >= 0.6 is 0 Å². The Bertz CT molecular complexity index is 899. The van der Waals surface area contributed by atoms with Crippen molar-refractivity contribution in [3.8, 4) is 5.69 Å². The molecule has 0 bridgehead atoms. The summed E-state index contributed by atoms with van der Waals surface area (Å²) < 4.78 is 29.0. The van der Waals surface area contributed by atoms with Crippen LogP contribution in [0.4, 0.5) is 5.69 Å². The Labute approximate surface area is 129 Å². The highest BCUT2D eigenvalue weighted by Crippen LogP contribution is 2.20. The normalized spacial score (nSPS) is 12.0. The second-order valence-electron chi connectivity index (χ2n) is 5.05. The molecule has 6 nitrogen and oxygen atoms in total. The van der Waals surface area contributed by atoms with E-state index < -0.39 is 10.2 Å². The number of para-hydroxylation sites is 1. The summed E-state index contributed by atoms with van der Waals surface area (Å²) in [6.45, 7) is 0. The molecule has 1 N–H and O–H groups in total. The van der Waals surface area contributed by atoms with Gasteiger partial charge in [0, 0.05) is 25.2 Å². The van der Waals surface area contributed by atoms with Gasteiger partial charge in [-0.2, -0.15) is 17.8 Å². The van der Waals surface area contributed by atoms with Crippen molar-refractivity contribution in [3.05, 3.63) is 54.7 Å². The fourth-order valence-electron chi connectivity index (χ4n) is 2.09.